The van der Waals surface area contributed by atoms with Gasteiger partial charge in [0.05, 0.1) is 18.1 Å². The molecule has 6 nitrogen and oxygen atoms in total. The second-order valence-electron chi connectivity index (χ2n) is 8.32. The first-order chi connectivity index (χ1) is 14.9. The molecule has 1 aliphatic rings. The highest BCUT2D eigenvalue weighted by Crippen LogP contribution is 2.39. The van der Waals surface area contributed by atoms with Crippen LogP contribution in [0.4, 0.5) is 0 Å². The zero-order chi connectivity index (χ0) is 22.1. The molecule has 0 aliphatic carbocycles. The Morgan fingerprint density at radius 2 is 2.03 bits per heavy atom. The number of hydrogen-bond donors (Lipinski definition) is 1. The molecule has 1 aromatic heterocycles. The van der Waals surface area contributed by atoms with E-state index in [1.165, 1.54) is 0 Å². The highest BCUT2D eigenvalue weighted by molar-refractivity contribution is 5.87. The number of benzene rings is 2. The first-order valence-electron chi connectivity index (χ1n) is 10.5. The van der Waals surface area contributed by atoms with Crippen LogP contribution in [0.1, 0.15) is 55.0 Å². The number of fused-ring (bicyclic) bond motifs is 3. The predicted molar refractivity (Wildman–Crippen MR) is 118 cm³/mol. The number of ether oxygens (including phenoxy) is 2. The van der Waals surface area contributed by atoms with Crippen LogP contribution in [0, 0.1) is 18.3 Å². The molecule has 0 fully saturated rings. The van der Waals surface area contributed by atoms with Gasteiger partial charge in [0.1, 0.15) is 24.2 Å². The second kappa shape index (κ2) is 8.35. The molecule has 0 spiro atoms. The maximum atomic E-state index is 11.2. The van der Waals surface area contributed by atoms with E-state index in [9.17, 15) is 15.2 Å². The molecule has 6 heteroatoms. The number of hydrogen-bond acceptors (Lipinski definition) is 4. The first-order valence-corrected chi connectivity index (χ1v) is 10.5. The van der Waals surface area contributed by atoms with E-state index >= 15 is 0 Å². The summed E-state index contributed by atoms with van der Waals surface area (Å²) in [6, 6.07) is 13.8. The number of nitriles is 1. The van der Waals surface area contributed by atoms with Gasteiger partial charge in [0.15, 0.2) is 0 Å². The molecule has 0 saturated heterocycles. The predicted octanol–water partition coefficient (Wildman–Crippen LogP) is 5.15. The Balaban J connectivity index is 1.55. The lowest BCUT2D eigenvalue weighted by atomic mass is 9.99. The highest BCUT2D eigenvalue weighted by Gasteiger charge is 2.27. The molecular formula is C25H26N2O4. The number of carboxylic acid groups (broad SMARTS) is 1. The molecule has 3 aromatic rings. The normalized spacial score (nSPS) is 15.1. The number of aliphatic carboxylic acids is 1. The zero-order valence-electron chi connectivity index (χ0n) is 18.0. The molecule has 1 N–H and O–H groups in total. The minimum atomic E-state index is -0.758. The minimum absolute atomic E-state index is 0.00251. The fourth-order valence-electron chi connectivity index (χ4n) is 4.34. The van der Waals surface area contributed by atoms with Crippen LogP contribution in [0.2, 0.25) is 0 Å². The van der Waals surface area contributed by atoms with Crippen LogP contribution < -0.4 is 9.47 Å². The molecule has 2 aromatic carbocycles. The van der Waals surface area contributed by atoms with Crippen LogP contribution in [-0.2, 0) is 17.9 Å². The van der Waals surface area contributed by atoms with Gasteiger partial charge in [-0.15, -0.1) is 0 Å². The molecule has 2 heterocycles. The van der Waals surface area contributed by atoms with Gasteiger partial charge in [0.25, 0.3) is 0 Å². The summed E-state index contributed by atoms with van der Waals surface area (Å²) in [5, 5.41) is 19.7. The number of nitrogens with zero attached hydrogens (tertiary/aromatic N) is 2. The first kappa shape index (κ1) is 20.8. The van der Waals surface area contributed by atoms with E-state index in [2.05, 4.69) is 16.7 Å². The van der Waals surface area contributed by atoms with Gasteiger partial charge in [-0.05, 0) is 63.1 Å². The van der Waals surface area contributed by atoms with E-state index in [-0.39, 0.29) is 18.4 Å². The number of carbonyl (C=O) groups is 1. The van der Waals surface area contributed by atoms with E-state index in [0.717, 1.165) is 46.4 Å². The van der Waals surface area contributed by atoms with Gasteiger partial charge in [-0.1, -0.05) is 6.07 Å². The average molecular weight is 418 g/mol. The van der Waals surface area contributed by atoms with Crippen LogP contribution in [0.3, 0.4) is 0 Å². The summed E-state index contributed by atoms with van der Waals surface area (Å²) < 4.78 is 14.0. The van der Waals surface area contributed by atoms with Crippen molar-refractivity contribution in [2.75, 3.05) is 0 Å². The summed E-state index contributed by atoms with van der Waals surface area (Å²) in [5.41, 5.74) is 4.64. The molecule has 1 atom stereocenters. The Labute approximate surface area is 181 Å². The van der Waals surface area contributed by atoms with Crippen LogP contribution in [-0.4, -0.2) is 21.7 Å². The quantitative estimate of drug-likeness (QED) is 0.574. The number of rotatable bonds is 7. The Hall–Kier alpha value is -3.46. The third-order valence-corrected chi connectivity index (χ3v) is 5.80. The van der Waals surface area contributed by atoms with Crippen molar-refractivity contribution < 1.29 is 19.4 Å². The van der Waals surface area contributed by atoms with E-state index in [1.54, 1.807) is 6.07 Å². The van der Waals surface area contributed by atoms with Crippen molar-refractivity contribution >= 4 is 16.9 Å². The summed E-state index contributed by atoms with van der Waals surface area (Å²) >= 11 is 0. The molecule has 4 rings (SSSR count). The third-order valence-electron chi connectivity index (χ3n) is 5.80. The Morgan fingerprint density at radius 3 is 2.74 bits per heavy atom. The van der Waals surface area contributed by atoms with Gasteiger partial charge >= 0.3 is 5.97 Å². The molecule has 0 bridgehead atoms. The van der Waals surface area contributed by atoms with Crippen molar-refractivity contribution in [1.29, 1.82) is 5.26 Å². The average Bonchev–Trinajstić information content (AvgIpc) is 3.28. The highest BCUT2D eigenvalue weighted by atomic mass is 16.5. The fraction of sp³-hybridized carbons (Fsp3) is 0.360. The number of carboxylic acids is 1. The fourth-order valence-corrected chi connectivity index (χ4v) is 4.34. The summed E-state index contributed by atoms with van der Waals surface area (Å²) in [7, 11) is 0. The molecule has 0 unspecified atom stereocenters. The van der Waals surface area contributed by atoms with Crippen LogP contribution in [0.15, 0.2) is 36.4 Å². The van der Waals surface area contributed by atoms with Crippen molar-refractivity contribution in [2.45, 2.75) is 58.8 Å². The molecule has 0 radical (unpaired) electrons. The Bertz CT molecular complexity index is 1190. The van der Waals surface area contributed by atoms with E-state index in [4.69, 9.17) is 9.47 Å². The van der Waals surface area contributed by atoms with Crippen LogP contribution in [0.25, 0.3) is 10.9 Å². The molecular weight excluding hydrogens is 392 g/mol. The lowest BCUT2D eigenvalue weighted by Gasteiger charge is -2.14. The summed E-state index contributed by atoms with van der Waals surface area (Å²) in [5.74, 6) is 0.668. The third kappa shape index (κ3) is 4.09. The maximum Gasteiger partial charge on any atom is 0.304 e. The molecule has 1 aliphatic heterocycles. The van der Waals surface area contributed by atoms with E-state index in [1.807, 2.05) is 45.0 Å². The molecule has 31 heavy (non-hydrogen) atoms. The van der Waals surface area contributed by atoms with Crippen molar-refractivity contribution in [2.24, 2.45) is 0 Å². The summed E-state index contributed by atoms with van der Waals surface area (Å²) in [6.07, 6.45) is 1.03. The largest absolute Gasteiger partial charge is 0.490 e. The number of aryl methyl sites for hydroxylation is 2. The Kier molecular flexibility index (Phi) is 5.60. The standard InChI is InChI=1S/C25H26N2O4/c1-15(2)31-24-6-4-17(10-19(24)13-26)14-30-23-7-5-21-20(16(23)3)12-22-18(11-25(28)29)8-9-27(21)22/h4-7,10,12,15,18H,8-9,11,14H2,1-3H3,(H,28,29)/t18-/m1/s1. The second-order valence-corrected chi connectivity index (χ2v) is 8.32. The van der Waals surface area contributed by atoms with Crippen LogP contribution in [0.5, 0.6) is 11.5 Å². The maximum absolute atomic E-state index is 11.2. The van der Waals surface area contributed by atoms with Gasteiger partial charge in [-0.3, -0.25) is 4.79 Å². The van der Waals surface area contributed by atoms with Crippen molar-refractivity contribution in [3.63, 3.8) is 0 Å². The molecule has 160 valence electrons. The monoisotopic (exact) mass is 418 g/mol. The smallest absolute Gasteiger partial charge is 0.304 e. The number of aromatic nitrogens is 1. The minimum Gasteiger partial charge on any atom is -0.490 e. The van der Waals surface area contributed by atoms with Gasteiger partial charge < -0.3 is 19.1 Å². The van der Waals surface area contributed by atoms with Crippen LogP contribution >= 0.6 is 0 Å². The van der Waals surface area contributed by atoms with Gasteiger partial charge in [0, 0.05) is 34.6 Å². The van der Waals surface area contributed by atoms with Crippen molar-refractivity contribution in [1.82, 2.24) is 4.57 Å². The molecule has 0 amide bonds. The van der Waals surface area contributed by atoms with Gasteiger partial charge in [-0.2, -0.15) is 5.26 Å². The Morgan fingerprint density at radius 1 is 1.26 bits per heavy atom. The van der Waals surface area contributed by atoms with E-state index < -0.39 is 5.97 Å². The van der Waals surface area contributed by atoms with Crippen molar-refractivity contribution in [3.8, 4) is 17.6 Å². The lowest BCUT2D eigenvalue weighted by Crippen LogP contribution is -2.07. The van der Waals surface area contributed by atoms with Crippen molar-refractivity contribution in [3.05, 3.63) is 58.8 Å². The SMILES string of the molecule is Cc1c(OCc2ccc(OC(C)C)c(C#N)c2)ccc2c1cc1n2CC[C@@H]1CC(=O)O. The van der Waals surface area contributed by atoms with Gasteiger partial charge in [0.2, 0.25) is 0 Å². The van der Waals surface area contributed by atoms with E-state index in [0.29, 0.717) is 17.9 Å². The topological polar surface area (TPSA) is 84.5 Å². The van der Waals surface area contributed by atoms with Gasteiger partial charge in [-0.25, -0.2) is 0 Å². The summed E-state index contributed by atoms with van der Waals surface area (Å²) in [4.78, 5) is 11.2. The summed E-state index contributed by atoms with van der Waals surface area (Å²) in [6.45, 7) is 7.08. The zero-order valence-corrected chi connectivity index (χ0v) is 18.0. The lowest BCUT2D eigenvalue weighted by molar-refractivity contribution is -0.137. The molecule has 0 saturated carbocycles.